The van der Waals surface area contributed by atoms with Crippen molar-refractivity contribution in [1.82, 2.24) is 0 Å². The molecule has 59 heavy (non-hydrogen) atoms. The van der Waals surface area contributed by atoms with Crippen LogP contribution in [0.1, 0.15) is 59.3 Å². The smallest absolute Gasteiger partial charge is 0.155 e. The number of carbonyl (C=O) groups excluding carboxylic acids is 1. The van der Waals surface area contributed by atoms with Crippen LogP contribution in [0.15, 0.2) is 35.7 Å². The number of hydrogen-bond donors (Lipinski definition) is 9. The maximum absolute atomic E-state index is 10.8. The Bertz CT molecular complexity index is 1440. The van der Waals surface area contributed by atoms with Crippen molar-refractivity contribution in [2.24, 2.45) is 0 Å². The average Bonchev–Trinajstić information content (AvgIpc) is 3.68. The molecule has 3 aliphatic rings. The van der Waals surface area contributed by atoms with Crippen LogP contribution in [0, 0.1) is 0 Å². The van der Waals surface area contributed by atoms with Gasteiger partial charge in [0.25, 0.3) is 0 Å². The van der Waals surface area contributed by atoms with Crippen LogP contribution in [-0.2, 0) is 38.0 Å². The number of ketones is 1. The van der Waals surface area contributed by atoms with Crippen molar-refractivity contribution in [1.29, 1.82) is 0 Å². The molecule has 9 N–H and O–H groups in total. The van der Waals surface area contributed by atoms with Gasteiger partial charge in [-0.3, -0.25) is 4.79 Å². The summed E-state index contributed by atoms with van der Waals surface area (Å²) in [5.41, 5.74) is 0. The topological polar surface area (TPSA) is 264 Å². The number of aliphatic hydroxyl groups is 3. The van der Waals surface area contributed by atoms with Gasteiger partial charge in [-0.15, -0.1) is 0 Å². The molecule has 3 fully saturated rings. The molecule has 0 aromatic carbocycles. The van der Waals surface area contributed by atoms with E-state index in [1.807, 2.05) is 6.92 Å². The summed E-state index contributed by atoms with van der Waals surface area (Å²) in [6.07, 6.45) is 12.8. The maximum Gasteiger partial charge on any atom is 0.155 e. The monoisotopic (exact) mass is 894 g/mol. The first-order valence-corrected chi connectivity index (χ1v) is 25.1. The number of unbranched alkanes of at least 4 members (excludes halogenated alkanes) is 4. The van der Waals surface area contributed by atoms with E-state index < -0.39 is 95.0 Å². The fourth-order valence-electron chi connectivity index (χ4n) is 5.52. The quantitative estimate of drug-likeness (QED) is 0.0399. The van der Waals surface area contributed by atoms with Crippen LogP contribution in [0.4, 0.5) is 0 Å². The molecular formula is C36H64B3O17P3. The largest absolute Gasteiger partial charge is 0.387 e. The lowest BCUT2D eigenvalue weighted by molar-refractivity contribution is -0.125. The first-order chi connectivity index (χ1) is 27.4. The first kappa shape index (κ1) is 56.4. The summed E-state index contributed by atoms with van der Waals surface area (Å²) >= 11 is 0. The summed E-state index contributed by atoms with van der Waals surface area (Å²) in [6, 6.07) is -2.38. The summed E-state index contributed by atoms with van der Waals surface area (Å²) in [6.45, 7) is 7.28. The number of Topliss-reactive ketones (excluding diaryl/α,β-unsaturated/α-hetero) is 1. The third-order valence-corrected chi connectivity index (χ3v) is 10.3. The predicted octanol–water partition coefficient (Wildman–Crippen LogP) is 0.197. The van der Waals surface area contributed by atoms with Gasteiger partial charge in [0.15, 0.2) is 5.78 Å². The Hall–Kier alpha value is -0.655. The highest BCUT2D eigenvalue weighted by Gasteiger charge is 2.42. The van der Waals surface area contributed by atoms with Crippen molar-refractivity contribution >= 4 is 70.2 Å². The van der Waals surface area contributed by atoms with Crippen molar-refractivity contribution in [3.63, 3.8) is 0 Å². The Morgan fingerprint density at radius 3 is 1.31 bits per heavy atom. The molecule has 23 heteroatoms. The van der Waals surface area contributed by atoms with Gasteiger partial charge in [0.2, 0.25) is 0 Å². The zero-order valence-corrected chi connectivity index (χ0v) is 36.8. The molecule has 0 aromatic heterocycles. The number of aliphatic hydroxyl groups excluding tert-OH is 3. The van der Waals surface area contributed by atoms with Gasteiger partial charge in [-0.25, -0.2) is 0 Å². The van der Waals surface area contributed by atoms with Crippen molar-refractivity contribution < 1.29 is 82.6 Å². The molecule has 3 aliphatic heterocycles. The molecule has 6 radical (unpaired) electrons. The van der Waals surface area contributed by atoms with Crippen LogP contribution >= 0.6 is 22.0 Å². The summed E-state index contributed by atoms with van der Waals surface area (Å²) in [5.74, 6) is 3.16. The number of ether oxygens (including phenoxy) is 7. The molecule has 0 aromatic rings. The molecule has 12 atom stereocenters. The van der Waals surface area contributed by atoms with E-state index in [0.717, 1.165) is 36.7 Å². The lowest BCUT2D eigenvalue weighted by atomic mass is 9.93. The third-order valence-electron chi connectivity index (χ3n) is 8.40. The second kappa shape index (κ2) is 28.2. The standard InChI is InChI=1S/C14H26BO5P.C12H22BO6P.C10H16BO6P/c1-3-4-5-6-7-9-19-13-12(16)11(20-14(13)15)8-10-21(2,17)18;1-3-5-17-6-7-18-11-10(14)9(19-12(11)13)4-8-20(2,15)16;1-6(12)5-16-9-8(13)7(17-10(9)11)3-4-18(2,14)15/h8,10-14,16-18H,2-7,9H2,1H3;4,8-12,14-16H,2-3,5-7H2,1H3;3-4,7-10,13-15H,2,5H2,1H3/b10-8+;8-4+;4-3+/t11-,12+,13?,14-;9-,10+,11?,12-;7-,8+,9?,10-/m111/s1. The minimum Gasteiger partial charge on any atom is -0.387 e. The zero-order valence-electron chi connectivity index (χ0n) is 34.2. The molecule has 0 aliphatic carbocycles. The summed E-state index contributed by atoms with van der Waals surface area (Å²) in [7, 11) is 7.23. The van der Waals surface area contributed by atoms with Gasteiger partial charge in [-0.1, -0.05) is 39.5 Å². The summed E-state index contributed by atoms with van der Waals surface area (Å²) in [5, 5.41) is 30.0. The van der Waals surface area contributed by atoms with E-state index in [0.29, 0.717) is 26.4 Å². The van der Waals surface area contributed by atoms with E-state index in [-0.39, 0.29) is 12.4 Å². The minimum absolute atomic E-state index is 0.165. The number of hydrogen-bond acceptors (Lipinski definition) is 17. The Morgan fingerprint density at radius 1 is 0.576 bits per heavy atom. The zero-order chi connectivity index (χ0) is 45.0. The molecule has 3 rings (SSSR count). The second-order valence-electron chi connectivity index (χ2n) is 14.2. The minimum atomic E-state index is -3.32. The van der Waals surface area contributed by atoms with Gasteiger partial charge in [0.1, 0.15) is 107 Å². The fraction of sp³-hybridized carbons (Fsp3) is 0.722. The molecular weight excluding hydrogens is 830 g/mol. The Labute approximate surface area is 353 Å². The Balaban J connectivity index is 0.000000444. The van der Waals surface area contributed by atoms with E-state index in [1.54, 1.807) is 0 Å². The normalized spacial score (nSPS) is 31.5. The molecule has 0 amide bonds. The molecule has 3 heterocycles. The SMILES string of the molecule is [B][C@@H]1O[C@H](/C=C/P(=C)(O)O)[C@H](O)C1OCC(C)=O.[B][C@@H]1O[C@H](/C=C/P(=C)(O)O)[C@H](O)C1OCCCCCCC.[B][C@@H]1O[C@H](/C=C/P(=C)(O)O)[C@H](O)C1OCCOCCC. The highest BCUT2D eigenvalue weighted by molar-refractivity contribution is 7.66. The van der Waals surface area contributed by atoms with Crippen molar-refractivity contribution in [2.45, 2.75) is 132 Å². The summed E-state index contributed by atoms with van der Waals surface area (Å²) in [4.78, 5) is 65.7. The number of rotatable bonds is 22. The Morgan fingerprint density at radius 2 is 0.949 bits per heavy atom. The van der Waals surface area contributed by atoms with Crippen LogP contribution in [0.25, 0.3) is 0 Å². The van der Waals surface area contributed by atoms with Crippen molar-refractivity contribution in [3.05, 3.63) is 35.7 Å². The maximum atomic E-state index is 10.8. The number of carbonyl (C=O) groups is 1. The van der Waals surface area contributed by atoms with Crippen LogP contribution in [0.5, 0.6) is 0 Å². The molecule has 3 saturated heterocycles. The van der Waals surface area contributed by atoms with Gasteiger partial charge >= 0.3 is 0 Å². The molecule has 0 bridgehead atoms. The molecule has 334 valence electrons. The van der Waals surface area contributed by atoms with Gasteiger partial charge in [-0.2, -0.15) is 0 Å². The van der Waals surface area contributed by atoms with Gasteiger partial charge in [0, 0.05) is 31.2 Å². The lowest BCUT2D eigenvalue weighted by Gasteiger charge is -2.18. The molecule has 0 spiro atoms. The van der Waals surface area contributed by atoms with E-state index in [2.05, 4.69) is 25.8 Å². The summed E-state index contributed by atoms with van der Waals surface area (Å²) < 4.78 is 37.3. The average molecular weight is 894 g/mol. The highest BCUT2D eigenvalue weighted by atomic mass is 31.2. The van der Waals surface area contributed by atoms with Crippen molar-refractivity contribution in [3.8, 4) is 0 Å². The van der Waals surface area contributed by atoms with Gasteiger partial charge in [0.05, 0.1) is 13.2 Å². The van der Waals surface area contributed by atoms with Crippen LogP contribution in [0.2, 0.25) is 0 Å². The fourth-order valence-corrected chi connectivity index (χ4v) is 6.85. The van der Waals surface area contributed by atoms with Crippen LogP contribution in [-0.4, -0.2) is 199 Å². The molecule has 3 unspecified atom stereocenters. The van der Waals surface area contributed by atoms with E-state index >= 15 is 0 Å². The van der Waals surface area contributed by atoms with Gasteiger partial charge < -0.3 is 77.8 Å². The third kappa shape index (κ3) is 24.1. The van der Waals surface area contributed by atoms with E-state index in [9.17, 15) is 39.7 Å². The molecule has 17 nitrogen and oxygen atoms in total. The van der Waals surface area contributed by atoms with Gasteiger partial charge in [-0.05, 0) is 74.3 Å². The first-order valence-electron chi connectivity index (χ1n) is 19.2. The van der Waals surface area contributed by atoms with Crippen LogP contribution in [0.3, 0.4) is 0 Å². The second-order valence-corrected chi connectivity index (χ2v) is 19.8. The van der Waals surface area contributed by atoms with E-state index in [4.69, 9.17) is 66.5 Å². The van der Waals surface area contributed by atoms with Crippen LogP contribution < -0.4 is 0 Å². The van der Waals surface area contributed by atoms with Crippen molar-refractivity contribution in [2.75, 3.05) is 33.0 Å². The Kier molecular flexibility index (Phi) is 26.9. The highest BCUT2D eigenvalue weighted by Crippen LogP contribution is 2.38. The molecule has 0 saturated carbocycles. The van der Waals surface area contributed by atoms with E-state index in [1.165, 1.54) is 44.4 Å². The lowest BCUT2D eigenvalue weighted by Crippen LogP contribution is -2.36. The predicted molar refractivity (Wildman–Crippen MR) is 234 cm³/mol.